The average molecular weight is 277 g/mol. The maximum Gasteiger partial charge on any atom is 0.312 e. The van der Waals surface area contributed by atoms with Crippen molar-refractivity contribution in [2.45, 2.75) is 33.2 Å². The Morgan fingerprint density at radius 2 is 1.90 bits per heavy atom. The van der Waals surface area contributed by atoms with Crippen LogP contribution in [-0.2, 0) is 11.3 Å². The molecule has 0 saturated carbocycles. The molecule has 0 atom stereocenters. The highest BCUT2D eigenvalue weighted by Crippen LogP contribution is 2.08. The molecule has 0 bridgehead atoms. The van der Waals surface area contributed by atoms with Crippen LogP contribution in [-0.4, -0.2) is 29.9 Å². The maximum atomic E-state index is 12.1. The van der Waals surface area contributed by atoms with Crippen LogP contribution in [0.25, 0.3) is 0 Å². The molecule has 0 fully saturated rings. The number of carbonyl (C=O) groups excluding carboxylic acids is 2. The number of carbonyl (C=O) groups is 2. The van der Waals surface area contributed by atoms with Crippen molar-refractivity contribution in [3.8, 4) is 0 Å². The molecule has 3 N–H and O–H groups in total. The Morgan fingerprint density at radius 1 is 1.25 bits per heavy atom. The normalized spacial score (nSPS) is 10.1. The summed E-state index contributed by atoms with van der Waals surface area (Å²) < 4.78 is 0. The van der Waals surface area contributed by atoms with Gasteiger partial charge in [0.1, 0.15) is 0 Å². The van der Waals surface area contributed by atoms with Crippen molar-refractivity contribution in [2.75, 3.05) is 13.1 Å². The molecular weight excluding hydrogens is 254 g/mol. The van der Waals surface area contributed by atoms with E-state index in [2.05, 4.69) is 5.32 Å². The largest absolute Gasteiger partial charge is 0.352 e. The highest BCUT2D eigenvalue weighted by molar-refractivity contribution is 5.77. The summed E-state index contributed by atoms with van der Waals surface area (Å²) in [6, 6.07) is 7.55. The van der Waals surface area contributed by atoms with Gasteiger partial charge in [0.25, 0.3) is 0 Å². The van der Waals surface area contributed by atoms with Gasteiger partial charge in [-0.2, -0.15) is 0 Å². The number of urea groups is 1. The molecule has 0 aromatic heterocycles. The molecule has 0 aliphatic rings. The SMILES string of the molecule is CCCN(Cc1ccc(C)cc1)C(=O)CCNC(N)=O. The van der Waals surface area contributed by atoms with Gasteiger partial charge in [0.2, 0.25) is 5.91 Å². The van der Waals surface area contributed by atoms with Gasteiger partial charge in [-0.15, -0.1) is 0 Å². The number of hydrogen-bond acceptors (Lipinski definition) is 2. The van der Waals surface area contributed by atoms with Crippen molar-refractivity contribution >= 4 is 11.9 Å². The molecular formula is C15H23N3O2. The molecule has 0 aliphatic carbocycles. The number of nitrogens with two attached hydrogens (primary N) is 1. The number of nitrogens with one attached hydrogen (secondary N) is 1. The lowest BCUT2D eigenvalue weighted by atomic mass is 10.1. The van der Waals surface area contributed by atoms with Crippen molar-refractivity contribution in [3.05, 3.63) is 35.4 Å². The molecule has 110 valence electrons. The van der Waals surface area contributed by atoms with Gasteiger partial charge in [-0.3, -0.25) is 4.79 Å². The molecule has 1 rings (SSSR count). The zero-order valence-electron chi connectivity index (χ0n) is 12.2. The topological polar surface area (TPSA) is 75.4 Å². The van der Waals surface area contributed by atoms with E-state index in [-0.39, 0.29) is 18.9 Å². The van der Waals surface area contributed by atoms with Crippen LogP contribution < -0.4 is 11.1 Å². The summed E-state index contributed by atoms with van der Waals surface area (Å²) in [7, 11) is 0. The van der Waals surface area contributed by atoms with Gasteiger partial charge < -0.3 is 16.0 Å². The minimum absolute atomic E-state index is 0.0289. The fourth-order valence-corrected chi connectivity index (χ4v) is 1.93. The van der Waals surface area contributed by atoms with E-state index >= 15 is 0 Å². The third-order valence-electron chi connectivity index (χ3n) is 2.98. The molecule has 0 aliphatic heterocycles. The molecule has 5 nitrogen and oxygen atoms in total. The van der Waals surface area contributed by atoms with Crippen LogP contribution in [0.1, 0.15) is 30.9 Å². The van der Waals surface area contributed by atoms with Crippen LogP contribution in [0.15, 0.2) is 24.3 Å². The molecule has 1 aromatic carbocycles. The average Bonchev–Trinajstić information content (AvgIpc) is 2.40. The number of aryl methyl sites for hydroxylation is 1. The van der Waals surface area contributed by atoms with Gasteiger partial charge in [0.15, 0.2) is 0 Å². The zero-order valence-corrected chi connectivity index (χ0v) is 12.2. The van der Waals surface area contributed by atoms with Crippen LogP contribution >= 0.6 is 0 Å². The van der Waals surface area contributed by atoms with Crippen molar-refractivity contribution in [2.24, 2.45) is 5.73 Å². The Labute approximate surface area is 120 Å². The lowest BCUT2D eigenvalue weighted by Crippen LogP contribution is -2.36. The summed E-state index contributed by atoms with van der Waals surface area (Å²) in [5.41, 5.74) is 7.29. The number of benzene rings is 1. The Kier molecular flexibility index (Phi) is 6.56. The summed E-state index contributed by atoms with van der Waals surface area (Å²) in [5, 5.41) is 2.44. The molecule has 0 radical (unpaired) electrons. The number of amides is 3. The first kappa shape index (κ1) is 16.0. The van der Waals surface area contributed by atoms with Gasteiger partial charge in [0.05, 0.1) is 0 Å². The molecule has 5 heteroatoms. The standard InChI is InChI=1S/C15H23N3O2/c1-3-10-18(14(19)8-9-17-15(16)20)11-13-6-4-12(2)5-7-13/h4-7H,3,8-11H2,1-2H3,(H3,16,17,20). The van der Waals surface area contributed by atoms with Crippen molar-refractivity contribution < 1.29 is 9.59 Å². The van der Waals surface area contributed by atoms with Gasteiger partial charge in [-0.25, -0.2) is 4.79 Å². The first-order valence-electron chi connectivity index (χ1n) is 6.89. The molecule has 0 heterocycles. The van der Waals surface area contributed by atoms with Crippen LogP contribution in [0.2, 0.25) is 0 Å². The fourth-order valence-electron chi connectivity index (χ4n) is 1.93. The second kappa shape index (κ2) is 8.19. The third-order valence-corrected chi connectivity index (χ3v) is 2.98. The van der Waals surface area contributed by atoms with E-state index in [9.17, 15) is 9.59 Å². The molecule has 3 amide bonds. The van der Waals surface area contributed by atoms with Gasteiger partial charge in [-0.1, -0.05) is 36.8 Å². The molecule has 20 heavy (non-hydrogen) atoms. The summed E-state index contributed by atoms with van der Waals surface area (Å²) >= 11 is 0. The van der Waals surface area contributed by atoms with Crippen LogP contribution in [0.3, 0.4) is 0 Å². The Hall–Kier alpha value is -2.04. The zero-order chi connectivity index (χ0) is 15.0. The van der Waals surface area contributed by atoms with Crippen molar-refractivity contribution in [1.82, 2.24) is 10.2 Å². The Bertz CT molecular complexity index is 443. The fraction of sp³-hybridized carbons (Fsp3) is 0.467. The van der Waals surface area contributed by atoms with E-state index in [0.717, 1.165) is 12.0 Å². The molecule has 1 aromatic rings. The van der Waals surface area contributed by atoms with Crippen LogP contribution in [0.5, 0.6) is 0 Å². The highest BCUT2D eigenvalue weighted by atomic mass is 16.2. The minimum Gasteiger partial charge on any atom is -0.352 e. The molecule has 0 spiro atoms. The summed E-state index contributed by atoms with van der Waals surface area (Å²) in [5.74, 6) is 0.0289. The van der Waals surface area contributed by atoms with E-state index in [0.29, 0.717) is 13.1 Å². The van der Waals surface area contributed by atoms with E-state index in [1.807, 2.05) is 43.0 Å². The van der Waals surface area contributed by atoms with Crippen molar-refractivity contribution in [1.29, 1.82) is 0 Å². The number of nitrogens with zero attached hydrogens (tertiary/aromatic N) is 1. The van der Waals surface area contributed by atoms with E-state index < -0.39 is 6.03 Å². The monoisotopic (exact) mass is 277 g/mol. The quantitative estimate of drug-likeness (QED) is 0.797. The number of hydrogen-bond donors (Lipinski definition) is 2. The van der Waals surface area contributed by atoms with Crippen LogP contribution in [0.4, 0.5) is 4.79 Å². The predicted octanol–water partition coefficient (Wildman–Crippen LogP) is 1.79. The Morgan fingerprint density at radius 3 is 2.45 bits per heavy atom. The lowest BCUT2D eigenvalue weighted by molar-refractivity contribution is -0.131. The number of rotatable bonds is 7. The predicted molar refractivity (Wildman–Crippen MR) is 79.1 cm³/mol. The summed E-state index contributed by atoms with van der Waals surface area (Å²) in [6.07, 6.45) is 1.18. The smallest absolute Gasteiger partial charge is 0.312 e. The molecule has 0 saturated heterocycles. The minimum atomic E-state index is -0.599. The number of primary amides is 1. The first-order valence-corrected chi connectivity index (χ1v) is 6.89. The summed E-state index contributed by atoms with van der Waals surface area (Å²) in [6.45, 7) is 5.67. The van der Waals surface area contributed by atoms with Gasteiger partial charge in [-0.05, 0) is 18.9 Å². The highest BCUT2D eigenvalue weighted by Gasteiger charge is 2.13. The first-order chi connectivity index (χ1) is 9.52. The van der Waals surface area contributed by atoms with E-state index in [4.69, 9.17) is 5.73 Å². The maximum absolute atomic E-state index is 12.1. The van der Waals surface area contributed by atoms with Gasteiger partial charge in [0, 0.05) is 26.1 Å². The third kappa shape index (κ3) is 5.73. The van der Waals surface area contributed by atoms with E-state index in [1.54, 1.807) is 0 Å². The summed E-state index contributed by atoms with van der Waals surface area (Å²) in [4.78, 5) is 24.5. The Balaban J connectivity index is 2.56. The second-order valence-electron chi connectivity index (χ2n) is 4.84. The van der Waals surface area contributed by atoms with Crippen LogP contribution in [0, 0.1) is 6.92 Å². The second-order valence-corrected chi connectivity index (χ2v) is 4.84. The lowest BCUT2D eigenvalue weighted by Gasteiger charge is -2.22. The van der Waals surface area contributed by atoms with Crippen molar-refractivity contribution in [3.63, 3.8) is 0 Å². The van der Waals surface area contributed by atoms with E-state index in [1.165, 1.54) is 5.56 Å². The molecule has 0 unspecified atom stereocenters. The van der Waals surface area contributed by atoms with Gasteiger partial charge >= 0.3 is 6.03 Å².